The number of nitrogen functional groups attached to an aromatic ring is 1. The van der Waals surface area contributed by atoms with Gasteiger partial charge in [0.1, 0.15) is 5.37 Å². The van der Waals surface area contributed by atoms with Crippen LogP contribution in [0.2, 0.25) is 0 Å². The zero-order valence-electron chi connectivity index (χ0n) is 22.3. The lowest BCUT2D eigenvalue weighted by molar-refractivity contribution is -0.605. The molecule has 6 rings (SSSR count). The normalized spacial score (nSPS) is 14.2. The van der Waals surface area contributed by atoms with Gasteiger partial charge in [-0.1, -0.05) is 24.3 Å². The largest absolute Gasteiger partial charge is 0.619 e. The van der Waals surface area contributed by atoms with E-state index < -0.39 is 0 Å². The van der Waals surface area contributed by atoms with Crippen LogP contribution in [0.1, 0.15) is 42.9 Å². The highest BCUT2D eigenvalue weighted by atomic mass is 32.2. The van der Waals surface area contributed by atoms with Crippen molar-refractivity contribution < 1.29 is 19.1 Å². The van der Waals surface area contributed by atoms with E-state index in [0.717, 1.165) is 27.1 Å². The van der Waals surface area contributed by atoms with E-state index in [1.165, 1.54) is 15.7 Å². The maximum absolute atomic E-state index is 14.0. The van der Waals surface area contributed by atoms with Crippen LogP contribution in [0, 0.1) is 5.21 Å². The van der Waals surface area contributed by atoms with Gasteiger partial charge in [0.2, 0.25) is 0 Å². The molecule has 0 aliphatic carbocycles. The number of carbonyl (C=O) groups is 3. The van der Waals surface area contributed by atoms with Gasteiger partial charge >= 0.3 is 6.03 Å². The average Bonchev–Trinajstić information content (AvgIpc) is 3.69. The summed E-state index contributed by atoms with van der Waals surface area (Å²) in [7, 11) is 3.32. The molecule has 0 fully saturated rings. The maximum Gasteiger partial charge on any atom is 0.328 e. The second-order valence-corrected chi connectivity index (χ2v) is 11.0. The van der Waals surface area contributed by atoms with Gasteiger partial charge in [0.15, 0.2) is 18.2 Å². The molecule has 1 aliphatic heterocycles. The molecule has 2 aromatic carbocycles. The van der Waals surface area contributed by atoms with Crippen LogP contribution in [-0.2, 0) is 5.75 Å². The number of nitrogens with one attached hydrogen (secondary N) is 1. The third kappa shape index (κ3) is 4.54. The number of rotatable bonds is 5. The quantitative estimate of drug-likeness (QED) is 0.0829. The molecule has 206 valence electrons. The van der Waals surface area contributed by atoms with Crippen molar-refractivity contribution in [3.63, 3.8) is 0 Å². The van der Waals surface area contributed by atoms with Crippen molar-refractivity contribution in [1.82, 2.24) is 19.5 Å². The lowest BCUT2D eigenvalue weighted by Gasteiger charge is -2.12. The number of ketones is 1. The van der Waals surface area contributed by atoms with Gasteiger partial charge in [-0.25, -0.2) is 10.6 Å². The Bertz CT molecular complexity index is 1840. The van der Waals surface area contributed by atoms with Crippen molar-refractivity contribution in [2.75, 3.05) is 14.1 Å². The van der Waals surface area contributed by atoms with Gasteiger partial charge in [0.05, 0.1) is 11.1 Å². The molecule has 2 amide bonds. The predicted molar refractivity (Wildman–Crippen MR) is 156 cm³/mol. The summed E-state index contributed by atoms with van der Waals surface area (Å²) in [4.78, 5) is 40.5. The van der Waals surface area contributed by atoms with Crippen LogP contribution in [0.3, 0.4) is 0 Å². The number of hydrogen-bond donors (Lipinski definition) is 2. The summed E-state index contributed by atoms with van der Waals surface area (Å²) in [6, 6.07) is 17.7. The smallest absolute Gasteiger partial charge is 0.328 e. The van der Waals surface area contributed by atoms with E-state index in [1.54, 1.807) is 68.6 Å². The standard InChI is InChI=1S/C30H26N6O4S/c1-33(2)30(39)36-16-24(22-10-9-20(14-25(22)36)18-5-7-19(8-6-18)28(38)32-31)27(37)23-11-13-35-26(23)17-41-29(35)21-4-3-12-34(40)15-21/h3-16,29H,17,31H2,1-2H3,(H,32,38). The molecule has 0 bridgehead atoms. The Hall–Kier alpha value is -4.87. The second-order valence-electron chi connectivity index (χ2n) is 9.95. The Labute approximate surface area is 239 Å². The number of hydrazine groups is 1. The summed E-state index contributed by atoms with van der Waals surface area (Å²) in [5.41, 5.74) is 7.54. The first-order valence-electron chi connectivity index (χ1n) is 12.8. The molecule has 4 heterocycles. The average molecular weight is 567 g/mol. The van der Waals surface area contributed by atoms with Gasteiger partial charge in [-0.05, 0) is 41.5 Å². The van der Waals surface area contributed by atoms with Crippen LogP contribution in [0.15, 0.2) is 85.5 Å². The summed E-state index contributed by atoms with van der Waals surface area (Å²) >= 11 is 1.65. The number of aromatic nitrogens is 3. The van der Waals surface area contributed by atoms with Gasteiger partial charge in [-0.2, -0.15) is 4.73 Å². The number of benzene rings is 2. The fourth-order valence-electron chi connectivity index (χ4n) is 5.18. The van der Waals surface area contributed by atoms with E-state index in [1.807, 2.05) is 41.1 Å². The summed E-state index contributed by atoms with van der Waals surface area (Å²) in [5.74, 6) is 5.29. The van der Waals surface area contributed by atoms with E-state index in [4.69, 9.17) is 5.84 Å². The molecule has 41 heavy (non-hydrogen) atoms. The SMILES string of the molecule is CN(C)C(=O)n1cc(C(=O)c2ccn3c2CSC3c2ccc[n+]([O-])c2)c2ccc(-c3ccc(C(=O)NN)cc3)cc21. The summed E-state index contributed by atoms with van der Waals surface area (Å²) in [5, 5.41) is 12.4. The van der Waals surface area contributed by atoms with Crippen LogP contribution in [-0.4, -0.2) is 45.9 Å². The Balaban J connectivity index is 1.41. The minimum absolute atomic E-state index is 0.102. The van der Waals surface area contributed by atoms with Crippen molar-refractivity contribution in [1.29, 1.82) is 0 Å². The van der Waals surface area contributed by atoms with Crippen molar-refractivity contribution in [2.24, 2.45) is 5.84 Å². The molecule has 10 nitrogen and oxygen atoms in total. The van der Waals surface area contributed by atoms with Crippen LogP contribution < -0.4 is 16.0 Å². The Morgan fingerprint density at radius 1 is 1.05 bits per heavy atom. The number of thioether (sulfide) groups is 1. The van der Waals surface area contributed by atoms with Gasteiger partial charge in [-0.3, -0.25) is 19.6 Å². The third-order valence-electron chi connectivity index (χ3n) is 7.23. The van der Waals surface area contributed by atoms with Crippen LogP contribution in [0.25, 0.3) is 22.0 Å². The number of nitrogens with zero attached hydrogens (tertiary/aromatic N) is 4. The molecule has 0 saturated carbocycles. The number of carbonyl (C=O) groups excluding carboxylic acids is 3. The van der Waals surface area contributed by atoms with Crippen molar-refractivity contribution in [2.45, 2.75) is 11.1 Å². The highest BCUT2D eigenvalue weighted by Crippen LogP contribution is 2.42. The zero-order valence-corrected chi connectivity index (χ0v) is 23.1. The molecule has 0 spiro atoms. The number of fused-ring (bicyclic) bond motifs is 2. The molecule has 5 aromatic rings. The summed E-state index contributed by atoms with van der Waals surface area (Å²) in [6.07, 6.45) is 6.48. The first kappa shape index (κ1) is 26.4. The first-order valence-corrected chi connectivity index (χ1v) is 13.8. The molecular formula is C30H26N6O4S. The van der Waals surface area contributed by atoms with Gasteiger partial charge in [-0.15, -0.1) is 11.8 Å². The molecule has 3 aromatic heterocycles. The molecule has 1 unspecified atom stereocenters. The molecule has 0 radical (unpaired) electrons. The number of nitrogens with two attached hydrogens (primary N) is 1. The van der Waals surface area contributed by atoms with Crippen LogP contribution >= 0.6 is 11.8 Å². The lowest BCUT2D eigenvalue weighted by atomic mass is 9.99. The van der Waals surface area contributed by atoms with Crippen molar-refractivity contribution in [3.05, 3.63) is 119 Å². The Morgan fingerprint density at radius 3 is 2.51 bits per heavy atom. The fraction of sp³-hybridized carbons (Fsp3) is 0.133. The van der Waals surface area contributed by atoms with Crippen LogP contribution in [0.5, 0.6) is 0 Å². The van der Waals surface area contributed by atoms with Crippen molar-refractivity contribution >= 4 is 40.4 Å². The highest BCUT2D eigenvalue weighted by molar-refractivity contribution is 7.99. The van der Waals surface area contributed by atoms with E-state index in [-0.39, 0.29) is 23.1 Å². The van der Waals surface area contributed by atoms with Crippen molar-refractivity contribution in [3.8, 4) is 11.1 Å². The fourth-order valence-corrected chi connectivity index (χ4v) is 6.49. The summed E-state index contributed by atoms with van der Waals surface area (Å²) < 4.78 is 4.30. The second kappa shape index (κ2) is 10.3. The molecule has 11 heteroatoms. The molecule has 1 atom stereocenters. The maximum atomic E-state index is 14.0. The van der Waals surface area contributed by atoms with Crippen LogP contribution in [0.4, 0.5) is 4.79 Å². The molecular weight excluding hydrogens is 540 g/mol. The highest BCUT2D eigenvalue weighted by Gasteiger charge is 2.31. The molecule has 1 aliphatic rings. The number of amides is 2. The summed E-state index contributed by atoms with van der Waals surface area (Å²) in [6.45, 7) is 0. The van der Waals surface area contributed by atoms with E-state index in [0.29, 0.717) is 33.3 Å². The Kier molecular flexibility index (Phi) is 6.60. The van der Waals surface area contributed by atoms with E-state index in [2.05, 4.69) is 5.43 Å². The molecule has 3 N–H and O–H groups in total. The van der Waals surface area contributed by atoms with E-state index >= 15 is 0 Å². The molecule has 0 saturated heterocycles. The lowest BCUT2D eigenvalue weighted by Crippen LogP contribution is -2.29. The predicted octanol–water partition coefficient (Wildman–Crippen LogP) is 3.90. The van der Waals surface area contributed by atoms with Gasteiger partial charge < -0.3 is 14.7 Å². The first-order chi connectivity index (χ1) is 19.8. The number of pyridine rings is 1. The minimum Gasteiger partial charge on any atom is -0.619 e. The number of hydrogen-bond acceptors (Lipinski definition) is 6. The monoisotopic (exact) mass is 566 g/mol. The van der Waals surface area contributed by atoms with Gasteiger partial charge in [0, 0.05) is 66.1 Å². The third-order valence-corrected chi connectivity index (χ3v) is 8.49. The van der Waals surface area contributed by atoms with E-state index in [9.17, 15) is 19.6 Å². The van der Waals surface area contributed by atoms with Gasteiger partial charge in [0.25, 0.3) is 5.91 Å². The minimum atomic E-state index is -0.389. The zero-order chi connectivity index (χ0) is 28.8. The topological polar surface area (TPSA) is 129 Å². The Morgan fingerprint density at radius 2 is 1.80 bits per heavy atom.